The summed E-state index contributed by atoms with van der Waals surface area (Å²) in [6, 6.07) is 24.9. The third-order valence-corrected chi connectivity index (χ3v) is 5.90. The summed E-state index contributed by atoms with van der Waals surface area (Å²) in [4.78, 5) is 29.7. The van der Waals surface area contributed by atoms with E-state index in [1.165, 1.54) is 23.9 Å². The maximum atomic E-state index is 13.1. The van der Waals surface area contributed by atoms with Crippen molar-refractivity contribution < 1.29 is 14.5 Å². The zero-order valence-corrected chi connectivity index (χ0v) is 17.3. The minimum Gasteiger partial charge on any atom is -0.484 e. The molecule has 3 aromatic carbocycles. The summed E-state index contributed by atoms with van der Waals surface area (Å²) in [7, 11) is 0. The number of non-ortho nitro benzene ring substituents is 1. The number of carbonyl (C=O) groups is 1. The van der Waals surface area contributed by atoms with Crippen LogP contribution >= 0.6 is 11.8 Å². The SMILES string of the molecule is O=C(COc1ccccc1)N(C1=NCC(c2ccc([N+](=O)[O-])cc2)S1)c1ccccc1. The third-order valence-electron chi connectivity index (χ3n) is 4.68. The van der Waals surface area contributed by atoms with E-state index in [1.807, 2.05) is 48.5 Å². The fourth-order valence-electron chi connectivity index (χ4n) is 3.13. The number of aliphatic imine (C=N–C) groups is 1. The van der Waals surface area contributed by atoms with Gasteiger partial charge in [0.15, 0.2) is 11.8 Å². The normalized spacial score (nSPS) is 15.2. The number of amides is 1. The lowest BCUT2D eigenvalue weighted by Crippen LogP contribution is -2.38. The zero-order chi connectivity index (χ0) is 21.6. The standard InChI is InChI=1S/C23H19N3O4S/c27-22(16-30-20-9-5-2-6-10-20)25(18-7-3-1-4-8-18)23-24-15-21(31-23)17-11-13-19(14-12-17)26(28)29/h1-14,21H,15-16H2. The number of amidine groups is 1. The van der Waals surface area contributed by atoms with Crippen molar-refractivity contribution in [3.8, 4) is 5.75 Å². The van der Waals surface area contributed by atoms with Crippen LogP contribution in [0.3, 0.4) is 0 Å². The maximum absolute atomic E-state index is 13.1. The van der Waals surface area contributed by atoms with Crippen LogP contribution in [0.2, 0.25) is 0 Å². The van der Waals surface area contributed by atoms with Gasteiger partial charge in [-0.3, -0.25) is 24.8 Å². The Balaban J connectivity index is 1.50. The van der Waals surface area contributed by atoms with Crippen LogP contribution in [0.5, 0.6) is 5.75 Å². The van der Waals surface area contributed by atoms with Crippen LogP contribution in [0.4, 0.5) is 11.4 Å². The van der Waals surface area contributed by atoms with Crippen LogP contribution in [0, 0.1) is 10.1 Å². The van der Waals surface area contributed by atoms with Gasteiger partial charge in [-0.25, -0.2) is 0 Å². The van der Waals surface area contributed by atoms with Crippen molar-refractivity contribution in [2.24, 2.45) is 4.99 Å². The van der Waals surface area contributed by atoms with Crippen LogP contribution in [0.25, 0.3) is 0 Å². The molecular formula is C23H19N3O4S. The van der Waals surface area contributed by atoms with Crippen molar-refractivity contribution in [1.82, 2.24) is 0 Å². The van der Waals surface area contributed by atoms with E-state index < -0.39 is 4.92 Å². The van der Waals surface area contributed by atoms with Crippen molar-refractivity contribution >= 4 is 34.2 Å². The van der Waals surface area contributed by atoms with Gasteiger partial charge in [0.2, 0.25) is 0 Å². The van der Waals surface area contributed by atoms with E-state index in [0.717, 1.165) is 5.56 Å². The molecule has 0 saturated heterocycles. The number of nitro groups is 1. The van der Waals surface area contributed by atoms with Crippen molar-refractivity contribution in [2.75, 3.05) is 18.1 Å². The highest BCUT2D eigenvalue weighted by Crippen LogP contribution is 2.38. The Morgan fingerprint density at radius 1 is 1.03 bits per heavy atom. The van der Waals surface area contributed by atoms with Gasteiger partial charge in [0.05, 0.1) is 22.4 Å². The summed E-state index contributed by atoms with van der Waals surface area (Å²) >= 11 is 1.46. The number of para-hydroxylation sites is 2. The van der Waals surface area contributed by atoms with Crippen LogP contribution in [-0.2, 0) is 4.79 Å². The molecule has 0 radical (unpaired) electrons. The van der Waals surface area contributed by atoms with Gasteiger partial charge < -0.3 is 4.74 Å². The first kappa shape index (κ1) is 20.6. The number of nitro benzene ring substituents is 1. The molecule has 0 fully saturated rings. The van der Waals surface area contributed by atoms with Gasteiger partial charge in [0, 0.05) is 12.1 Å². The molecule has 0 spiro atoms. The third kappa shape index (κ3) is 4.92. The fourth-order valence-corrected chi connectivity index (χ4v) is 4.29. The molecule has 0 bridgehead atoms. The molecule has 1 aliphatic rings. The average molecular weight is 433 g/mol. The first-order valence-electron chi connectivity index (χ1n) is 9.63. The Bertz CT molecular complexity index is 1090. The van der Waals surface area contributed by atoms with E-state index in [9.17, 15) is 14.9 Å². The summed E-state index contributed by atoms with van der Waals surface area (Å²) in [5, 5.41) is 11.4. The minimum absolute atomic E-state index is 0.0233. The number of ether oxygens (including phenoxy) is 1. The Kier molecular flexibility index (Phi) is 6.28. The first-order chi connectivity index (χ1) is 15.1. The Morgan fingerprint density at radius 2 is 1.68 bits per heavy atom. The number of carbonyl (C=O) groups excluding carboxylic acids is 1. The molecule has 0 saturated carbocycles. The number of anilines is 1. The summed E-state index contributed by atoms with van der Waals surface area (Å²) in [6.07, 6.45) is 0. The van der Waals surface area contributed by atoms with Gasteiger partial charge >= 0.3 is 0 Å². The molecule has 1 atom stereocenters. The fraction of sp³-hybridized carbons (Fsp3) is 0.130. The highest BCUT2D eigenvalue weighted by atomic mass is 32.2. The summed E-state index contributed by atoms with van der Waals surface area (Å²) in [5.74, 6) is 0.388. The number of hydrogen-bond acceptors (Lipinski definition) is 6. The number of nitrogens with zero attached hydrogens (tertiary/aromatic N) is 3. The predicted molar refractivity (Wildman–Crippen MR) is 122 cm³/mol. The van der Waals surface area contributed by atoms with Gasteiger partial charge in [-0.05, 0) is 29.8 Å². The number of rotatable bonds is 6. The van der Waals surface area contributed by atoms with Crippen LogP contribution in [-0.4, -0.2) is 29.1 Å². The Morgan fingerprint density at radius 3 is 2.32 bits per heavy atom. The molecule has 0 aromatic heterocycles. The smallest absolute Gasteiger partial charge is 0.271 e. The number of benzene rings is 3. The van der Waals surface area contributed by atoms with E-state index in [-0.39, 0.29) is 23.5 Å². The van der Waals surface area contributed by atoms with Crippen LogP contribution in [0.15, 0.2) is 89.9 Å². The molecule has 0 aliphatic carbocycles. The molecule has 31 heavy (non-hydrogen) atoms. The second kappa shape index (κ2) is 9.44. The van der Waals surface area contributed by atoms with E-state index in [4.69, 9.17) is 4.74 Å². The highest BCUT2D eigenvalue weighted by Gasteiger charge is 2.30. The average Bonchev–Trinajstić information content (AvgIpc) is 3.29. The summed E-state index contributed by atoms with van der Waals surface area (Å²) in [5.41, 5.74) is 1.68. The van der Waals surface area contributed by atoms with Crippen molar-refractivity contribution in [3.05, 3.63) is 101 Å². The van der Waals surface area contributed by atoms with E-state index in [1.54, 1.807) is 29.2 Å². The minimum atomic E-state index is -0.421. The lowest BCUT2D eigenvalue weighted by atomic mass is 10.1. The van der Waals surface area contributed by atoms with E-state index in [0.29, 0.717) is 23.1 Å². The molecular weight excluding hydrogens is 414 g/mol. The summed E-state index contributed by atoms with van der Waals surface area (Å²) < 4.78 is 5.66. The number of hydrogen-bond donors (Lipinski definition) is 0. The molecule has 1 unspecified atom stereocenters. The molecule has 156 valence electrons. The van der Waals surface area contributed by atoms with Crippen LogP contribution in [0.1, 0.15) is 10.8 Å². The predicted octanol–water partition coefficient (Wildman–Crippen LogP) is 4.85. The molecule has 1 aliphatic heterocycles. The van der Waals surface area contributed by atoms with Gasteiger partial charge in [-0.2, -0.15) is 0 Å². The molecule has 0 N–H and O–H groups in total. The highest BCUT2D eigenvalue weighted by molar-refractivity contribution is 8.14. The van der Waals surface area contributed by atoms with Gasteiger partial charge in [-0.1, -0.05) is 60.3 Å². The number of thioether (sulfide) groups is 1. The Labute approximate surface area is 183 Å². The topological polar surface area (TPSA) is 85.0 Å². The molecule has 4 rings (SSSR count). The van der Waals surface area contributed by atoms with Gasteiger partial charge in [0.1, 0.15) is 5.75 Å². The molecule has 1 amide bonds. The summed E-state index contributed by atoms with van der Waals surface area (Å²) in [6.45, 7) is 0.356. The van der Waals surface area contributed by atoms with E-state index >= 15 is 0 Å². The molecule has 3 aromatic rings. The Hall–Kier alpha value is -3.65. The largest absolute Gasteiger partial charge is 0.484 e. The quantitative estimate of drug-likeness (QED) is 0.410. The van der Waals surface area contributed by atoms with Crippen molar-refractivity contribution in [2.45, 2.75) is 5.25 Å². The van der Waals surface area contributed by atoms with Crippen molar-refractivity contribution in [3.63, 3.8) is 0 Å². The van der Waals surface area contributed by atoms with E-state index in [2.05, 4.69) is 4.99 Å². The maximum Gasteiger partial charge on any atom is 0.271 e. The molecule has 7 nitrogen and oxygen atoms in total. The second-order valence-electron chi connectivity index (χ2n) is 6.74. The zero-order valence-electron chi connectivity index (χ0n) is 16.5. The molecule has 1 heterocycles. The monoisotopic (exact) mass is 433 g/mol. The van der Waals surface area contributed by atoms with Gasteiger partial charge in [-0.15, -0.1) is 0 Å². The first-order valence-corrected chi connectivity index (χ1v) is 10.5. The van der Waals surface area contributed by atoms with Crippen LogP contribution < -0.4 is 9.64 Å². The second-order valence-corrected chi connectivity index (χ2v) is 7.91. The molecule has 8 heteroatoms. The lowest BCUT2D eigenvalue weighted by molar-refractivity contribution is -0.384. The lowest BCUT2D eigenvalue weighted by Gasteiger charge is -2.22. The van der Waals surface area contributed by atoms with Crippen molar-refractivity contribution in [1.29, 1.82) is 0 Å². The van der Waals surface area contributed by atoms with Gasteiger partial charge in [0.25, 0.3) is 11.6 Å².